The molecule has 0 saturated carbocycles. The van der Waals surface area contributed by atoms with E-state index in [0.717, 1.165) is 19.1 Å². The van der Waals surface area contributed by atoms with Crippen molar-refractivity contribution in [2.75, 3.05) is 5.32 Å². The number of anilines is 1. The minimum absolute atomic E-state index is 0.0169. The molecule has 0 aliphatic heterocycles. The van der Waals surface area contributed by atoms with E-state index in [1.54, 1.807) is 0 Å². The maximum Gasteiger partial charge on any atom is 0.264 e. The van der Waals surface area contributed by atoms with Crippen LogP contribution in [0.1, 0.15) is 17.3 Å². The van der Waals surface area contributed by atoms with Crippen molar-refractivity contribution in [3.63, 3.8) is 0 Å². The molecule has 7 nitrogen and oxygen atoms in total. The summed E-state index contributed by atoms with van der Waals surface area (Å²) in [4.78, 5) is 22.8. The average Bonchev–Trinajstić information content (AvgIpc) is 2.54. The Morgan fingerprint density at radius 3 is 2.12 bits per heavy atom. The summed E-state index contributed by atoms with van der Waals surface area (Å²) in [6.45, 7) is 1.09. The number of halogens is 1. The molecule has 0 spiro atoms. The second-order valence-corrected chi connectivity index (χ2v) is 7.19. The molecular formula is C16H14FN3O4S2. The molecule has 0 unspecified atom stereocenters. The smallest absolute Gasteiger partial charge is 0.264 e. The summed E-state index contributed by atoms with van der Waals surface area (Å²) in [5, 5.41) is 5.12. The van der Waals surface area contributed by atoms with Gasteiger partial charge in [0, 0.05) is 18.2 Å². The van der Waals surface area contributed by atoms with E-state index < -0.39 is 27.7 Å². The van der Waals surface area contributed by atoms with Gasteiger partial charge in [0.05, 0.1) is 4.90 Å². The molecule has 2 aromatic carbocycles. The maximum atomic E-state index is 12.9. The Morgan fingerprint density at radius 1 is 1.00 bits per heavy atom. The van der Waals surface area contributed by atoms with E-state index in [1.807, 2.05) is 4.72 Å². The highest BCUT2D eigenvalue weighted by Gasteiger charge is 2.15. The minimum atomic E-state index is -3.92. The largest absolute Gasteiger partial charge is 0.332 e. The van der Waals surface area contributed by atoms with E-state index in [9.17, 15) is 22.4 Å². The number of carbonyl (C=O) groups is 2. The first-order valence-corrected chi connectivity index (χ1v) is 9.08. The molecule has 10 heteroatoms. The molecule has 2 amide bonds. The van der Waals surface area contributed by atoms with Crippen molar-refractivity contribution in [3.05, 3.63) is 59.9 Å². The third kappa shape index (κ3) is 5.33. The third-order valence-corrected chi connectivity index (χ3v) is 4.69. The number of nitrogens with one attached hydrogen (secondary N) is 3. The van der Waals surface area contributed by atoms with Crippen LogP contribution in [0.5, 0.6) is 0 Å². The predicted molar refractivity (Wildman–Crippen MR) is 97.5 cm³/mol. The van der Waals surface area contributed by atoms with Crippen molar-refractivity contribution in [1.29, 1.82) is 0 Å². The van der Waals surface area contributed by atoms with Gasteiger partial charge in [0.2, 0.25) is 5.91 Å². The fourth-order valence-electron chi connectivity index (χ4n) is 1.90. The van der Waals surface area contributed by atoms with Crippen LogP contribution >= 0.6 is 12.2 Å². The van der Waals surface area contributed by atoms with Crippen molar-refractivity contribution in [3.8, 4) is 0 Å². The Morgan fingerprint density at radius 2 is 1.58 bits per heavy atom. The van der Waals surface area contributed by atoms with Crippen molar-refractivity contribution >= 4 is 44.9 Å². The van der Waals surface area contributed by atoms with E-state index in [-0.39, 0.29) is 15.6 Å². The molecule has 0 radical (unpaired) electrons. The van der Waals surface area contributed by atoms with Crippen LogP contribution in [0.4, 0.5) is 10.1 Å². The molecule has 0 aliphatic carbocycles. The zero-order valence-electron chi connectivity index (χ0n) is 13.4. The number of sulfonamides is 1. The Bertz CT molecular complexity index is 942. The molecule has 0 atom stereocenters. The van der Waals surface area contributed by atoms with Crippen LogP contribution in [-0.2, 0) is 14.8 Å². The van der Waals surface area contributed by atoms with Gasteiger partial charge in [0.25, 0.3) is 15.9 Å². The second-order valence-electron chi connectivity index (χ2n) is 5.10. The standard InChI is InChI=1S/C16H14FN3O4S2/c1-10(21)20-26(23,24)14-8-6-13(7-9-14)18-16(25)19-15(22)11-2-4-12(17)5-3-11/h2-9H,1H3,(H,20,21)(H2,18,19,22,25). The van der Waals surface area contributed by atoms with Gasteiger partial charge in [-0.05, 0) is 60.7 Å². The van der Waals surface area contributed by atoms with Gasteiger partial charge in [0.1, 0.15) is 5.82 Å². The van der Waals surface area contributed by atoms with Crippen molar-refractivity contribution < 1.29 is 22.4 Å². The Hall–Kier alpha value is -2.85. The molecule has 0 heterocycles. The summed E-state index contributed by atoms with van der Waals surface area (Å²) in [6.07, 6.45) is 0. The third-order valence-electron chi connectivity index (χ3n) is 3.03. The lowest BCUT2D eigenvalue weighted by molar-refractivity contribution is -0.117. The van der Waals surface area contributed by atoms with Crippen LogP contribution in [0.15, 0.2) is 53.4 Å². The lowest BCUT2D eigenvalue weighted by atomic mass is 10.2. The Kier molecular flexibility index (Phi) is 6.01. The number of amides is 2. The van der Waals surface area contributed by atoms with E-state index in [0.29, 0.717) is 5.69 Å². The molecule has 0 fully saturated rings. The van der Waals surface area contributed by atoms with Gasteiger partial charge in [-0.3, -0.25) is 14.9 Å². The number of thiocarbonyl (C=S) groups is 1. The Labute approximate surface area is 154 Å². The molecule has 0 saturated heterocycles. The van der Waals surface area contributed by atoms with E-state index >= 15 is 0 Å². The predicted octanol–water partition coefficient (Wildman–Crippen LogP) is 1.78. The van der Waals surface area contributed by atoms with Crippen LogP contribution < -0.4 is 15.4 Å². The molecule has 0 aromatic heterocycles. The second kappa shape index (κ2) is 8.02. The molecule has 0 bridgehead atoms. The van der Waals surface area contributed by atoms with Crippen LogP contribution in [0.25, 0.3) is 0 Å². The van der Waals surface area contributed by atoms with E-state index in [2.05, 4.69) is 10.6 Å². The summed E-state index contributed by atoms with van der Waals surface area (Å²) in [7, 11) is -3.92. The highest BCUT2D eigenvalue weighted by Crippen LogP contribution is 2.14. The van der Waals surface area contributed by atoms with Crippen molar-refractivity contribution in [1.82, 2.24) is 10.0 Å². The monoisotopic (exact) mass is 395 g/mol. The highest BCUT2D eigenvalue weighted by molar-refractivity contribution is 7.90. The average molecular weight is 395 g/mol. The summed E-state index contributed by atoms with van der Waals surface area (Å²) in [5.41, 5.74) is 0.656. The fraction of sp³-hybridized carbons (Fsp3) is 0.0625. The van der Waals surface area contributed by atoms with Gasteiger partial charge in [-0.1, -0.05) is 0 Å². The summed E-state index contributed by atoms with van der Waals surface area (Å²) >= 11 is 5.01. The summed E-state index contributed by atoms with van der Waals surface area (Å²) in [5.74, 6) is -1.68. The molecule has 136 valence electrons. The van der Waals surface area contributed by atoms with Gasteiger partial charge >= 0.3 is 0 Å². The SMILES string of the molecule is CC(=O)NS(=O)(=O)c1ccc(NC(=S)NC(=O)c2ccc(F)cc2)cc1. The zero-order valence-corrected chi connectivity index (χ0v) is 15.1. The molecule has 26 heavy (non-hydrogen) atoms. The van der Waals surface area contributed by atoms with E-state index in [1.165, 1.54) is 36.4 Å². The number of hydrogen-bond acceptors (Lipinski definition) is 5. The van der Waals surface area contributed by atoms with Crippen molar-refractivity contribution in [2.24, 2.45) is 0 Å². The van der Waals surface area contributed by atoms with Gasteiger partial charge in [-0.15, -0.1) is 0 Å². The minimum Gasteiger partial charge on any atom is -0.332 e. The quantitative estimate of drug-likeness (QED) is 0.682. The first-order valence-electron chi connectivity index (χ1n) is 7.19. The lowest BCUT2D eigenvalue weighted by Crippen LogP contribution is -2.34. The van der Waals surface area contributed by atoms with Gasteiger partial charge in [0.15, 0.2) is 5.11 Å². The van der Waals surface area contributed by atoms with Gasteiger partial charge < -0.3 is 5.32 Å². The van der Waals surface area contributed by atoms with Crippen LogP contribution in [0, 0.1) is 5.82 Å². The molecule has 2 rings (SSSR count). The number of benzene rings is 2. The molecule has 3 N–H and O–H groups in total. The summed E-state index contributed by atoms with van der Waals surface area (Å²) < 4.78 is 38.4. The summed E-state index contributed by atoms with van der Waals surface area (Å²) in [6, 6.07) is 10.3. The molecule has 2 aromatic rings. The Balaban J connectivity index is 2.00. The normalized spacial score (nSPS) is 10.7. The van der Waals surface area contributed by atoms with Crippen molar-refractivity contribution in [2.45, 2.75) is 11.8 Å². The van der Waals surface area contributed by atoms with Gasteiger partial charge in [-0.25, -0.2) is 17.5 Å². The van der Waals surface area contributed by atoms with Crippen LogP contribution in [0.2, 0.25) is 0 Å². The maximum absolute atomic E-state index is 12.9. The van der Waals surface area contributed by atoms with E-state index in [4.69, 9.17) is 12.2 Å². The lowest BCUT2D eigenvalue weighted by Gasteiger charge is -2.10. The first kappa shape index (κ1) is 19.5. The van der Waals surface area contributed by atoms with Gasteiger partial charge in [-0.2, -0.15) is 0 Å². The molecular weight excluding hydrogens is 381 g/mol. The van der Waals surface area contributed by atoms with Crippen LogP contribution in [0.3, 0.4) is 0 Å². The fourth-order valence-corrected chi connectivity index (χ4v) is 3.11. The number of rotatable bonds is 4. The highest BCUT2D eigenvalue weighted by atomic mass is 32.2. The van der Waals surface area contributed by atoms with Crippen LogP contribution in [-0.4, -0.2) is 25.3 Å². The topological polar surface area (TPSA) is 104 Å². The number of carbonyl (C=O) groups excluding carboxylic acids is 2. The zero-order chi connectivity index (χ0) is 19.3. The first-order chi connectivity index (χ1) is 12.2. The number of hydrogen-bond donors (Lipinski definition) is 3. The molecule has 0 aliphatic rings.